The molecule has 3 nitrogen and oxygen atoms in total. The highest BCUT2D eigenvalue weighted by atomic mass is 35.5. The Morgan fingerprint density at radius 3 is 2.44 bits per heavy atom. The van der Waals surface area contributed by atoms with Crippen LogP contribution in [0.4, 0.5) is 0 Å². The van der Waals surface area contributed by atoms with Crippen molar-refractivity contribution in [3.8, 4) is 0 Å². The molecule has 0 radical (unpaired) electrons. The number of carbonyl (C=O) groups is 1. The first kappa shape index (κ1) is 15.3. The van der Waals surface area contributed by atoms with Gasteiger partial charge in [0.15, 0.2) is 0 Å². The van der Waals surface area contributed by atoms with Gasteiger partial charge >= 0.3 is 0 Å². The van der Waals surface area contributed by atoms with Gasteiger partial charge in [-0.1, -0.05) is 43.1 Å². The van der Waals surface area contributed by atoms with E-state index in [1.165, 1.54) is 0 Å². The van der Waals surface area contributed by atoms with E-state index in [1.54, 1.807) is 18.2 Å². The molecule has 0 aliphatic carbocycles. The smallest absolute Gasteiger partial charge is 0.253 e. The summed E-state index contributed by atoms with van der Waals surface area (Å²) in [5.74, 6) is -0.239. The maximum atomic E-state index is 12.2. The molecular weight excluding hydrogens is 271 g/mol. The van der Waals surface area contributed by atoms with E-state index in [1.807, 2.05) is 13.8 Å². The predicted molar refractivity (Wildman–Crippen MR) is 76.3 cm³/mol. The van der Waals surface area contributed by atoms with Gasteiger partial charge in [-0.15, -0.1) is 0 Å². The lowest BCUT2D eigenvalue weighted by Crippen LogP contribution is -2.52. The first-order valence-electron chi connectivity index (χ1n) is 5.96. The SMILES string of the molecule is CCC(CC)(CN)NC(=O)c1cccc(Cl)c1Cl. The number of halogens is 2. The first-order valence-corrected chi connectivity index (χ1v) is 6.72. The molecule has 0 aliphatic heterocycles. The van der Waals surface area contributed by atoms with Crippen LogP contribution in [0.1, 0.15) is 37.0 Å². The van der Waals surface area contributed by atoms with E-state index in [0.717, 1.165) is 12.8 Å². The molecule has 18 heavy (non-hydrogen) atoms. The minimum Gasteiger partial charge on any atom is -0.345 e. The maximum absolute atomic E-state index is 12.2. The van der Waals surface area contributed by atoms with Crippen molar-refractivity contribution in [1.29, 1.82) is 0 Å². The number of benzene rings is 1. The van der Waals surface area contributed by atoms with Crippen molar-refractivity contribution in [1.82, 2.24) is 5.32 Å². The Kier molecular flexibility index (Phi) is 5.45. The fraction of sp³-hybridized carbons (Fsp3) is 0.462. The standard InChI is InChI=1S/C13H18Cl2N2O/c1-3-13(4-2,8-16)17-12(18)9-6-5-7-10(14)11(9)15/h5-7H,3-4,8,16H2,1-2H3,(H,17,18). The molecule has 0 aliphatic rings. The summed E-state index contributed by atoms with van der Waals surface area (Å²) in [4.78, 5) is 12.2. The van der Waals surface area contributed by atoms with Crippen LogP contribution in [0.5, 0.6) is 0 Å². The fourth-order valence-corrected chi connectivity index (χ4v) is 2.14. The highest BCUT2D eigenvalue weighted by molar-refractivity contribution is 6.43. The van der Waals surface area contributed by atoms with E-state index in [9.17, 15) is 4.79 Å². The van der Waals surface area contributed by atoms with E-state index in [-0.39, 0.29) is 16.5 Å². The Morgan fingerprint density at radius 2 is 1.94 bits per heavy atom. The van der Waals surface area contributed by atoms with Crippen molar-refractivity contribution in [2.45, 2.75) is 32.2 Å². The Morgan fingerprint density at radius 1 is 1.33 bits per heavy atom. The van der Waals surface area contributed by atoms with Gasteiger partial charge in [0.25, 0.3) is 5.91 Å². The van der Waals surface area contributed by atoms with Gasteiger partial charge in [-0.05, 0) is 25.0 Å². The van der Waals surface area contributed by atoms with Crippen LogP contribution in [-0.4, -0.2) is 18.0 Å². The Hall–Kier alpha value is -0.770. The number of amides is 1. The molecule has 1 aromatic rings. The summed E-state index contributed by atoms with van der Waals surface area (Å²) in [5, 5.41) is 3.60. The molecule has 3 N–H and O–H groups in total. The summed E-state index contributed by atoms with van der Waals surface area (Å²) >= 11 is 11.9. The highest BCUT2D eigenvalue weighted by Crippen LogP contribution is 2.26. The minimum absolute atomic E-state index is 0.239. The minimum atomic E-state index is -0.386. The first-order chi connectivity index (χ1) is 8.49. The van der Waals surface area contributed by atoms with Crippen molar-refractivity contribution in [2.75, 3.05) is 6.54 Å². The fourth-order valence-electron chi connectivity index (χ4n) is 1.75. The van der Waals surface area contributed by atoms with Crippen molar-refractivity contribution < 1.29 is 4.79 Å². The van der Waals surface area contributed by atoms with E-state index in [0.29, 0.717) is 17.1 Å². The molecular formula is C13H18Cl2N2O. The lowest BCUT2D eigenvalue weighted by atomic mass is 9.92. The van der Waals surface area contributed by atoms with Crippen LogP contribution in [0.2, 0.25) is 10.0 Å². The summed E-state index contributed by atoms with van der Waals surface area (Å²) in [7, 11) is 0. The molecule has 0 saturated carbocycles. The third-order valence-corrected chi connectivity index (χ3v) is 4.14. The van der Waals surface area contributed by atoms with E-state index >= 15 is 0 Å². The van der Waals surface area contributed by atoms with Gasteiger partial charge in [0.2, 0.25) is 0 Å². The molecule has 0 heterocycles. The van der Waals surface area contributed by atoms with Crippen molar-refractivity contribution in [3.05, 3.63) is 33.8 Å². The number of rotatable bonds is 5. The zero-order chi connectivity index (χ0) is 13.8. The summed E-state index contributed by atoms with van der Waals surface area (Å²) in [5.41, 5.74) is 5.74. The van der Waals surface area contributed by atoms with E-state index < -0.39 is 0 Å². The molecule has 0 spiro atoms. The molecule has 0 bridgehead atoms. The van der Waals surface area contributed by atoms with Gasteiger partial charge in [-0.25, -0.2) is 0 Å². The van der Waals surface area contributed by atoms with Gasteiger partial charge < -0.3 is 11.1 Å². The monoisotopic (exact) mass is 288 g/mol. The second kappa shape index (κ2) is 6.41. The Bertz CT molecular complexity index is 423. The molecule has 5 heteroatoms. The molecule has 1 aromatic carbocycles. The molecule has 100 valence electrons. The molecule has 0 unspecified atom stereocenters. The van der Waals surface area contributed by atoms with E-state index in [4.69, 9.17) is 28.9 Å². The van der Waals surface area contributed by atoms with Crippen molar-refractivity contribution in [2.24, 2.45) is 5.73 Å². The number of nitrogens with one attached hydrogen (secondary N) is 1. The molecule has 1 amide bonds. The quantitative estimate of drug-likeness (QED) is 0.874. The summed E-state index contributed by atoms with van der Waals surface area (Å²) in [6.07, 6.45) is 1.54. The highest BCUT2D eigenvalue weighted by Gasteiger charge is 2.27. The zero-order valence-corrected chi connectivity index (χ0v) is 12.1. The van der Waals surface area contributed by atoms with E-state index in [2.05, 4.69) is 5.32 Å². The third kappa shape index (κ3) is 3.16. The predicted octanol–water partition coefficient (Wildman–Crippen LogP) is 3.24. The molecule has 0 saturated heterocycles. The summed E-state index contributed by atoms with van der Waals surface area (Å²) in [6, 6.07) is 5.00. The van der Waals surface area contributed by atoms with Crippen LogP contribution in [0, 0.1) is 0 Å². The normalized spacial score (nSPS) is 11.4. The zero-order valence-electron chi connectivity index (χ0n) is 10.6. The van der Waals surface area contributed by atoms with Crippen LogP contribution in [0.3, 0.4) is 0 Å². The molecule has 0 atom stereocenters. The van der Waals surface area contributed by atoms with Crippen LogP contribution in [0.15, 0.2) is 18.2 Å². The van der Waals surface area contributed by atoms with Crippen LogP contribution in [-0.2, 0) is 0 Å². The van der Waals surface area contributed by atoms with Crippen LogP contribution in [0.25, 0.3) is 0 Å². The molecule has 1 rings (SSSR count). The van der Waals surface area contributed by atoms with Crippen molar-refractivity contribution in [3.63, 3.8) is 0 Å². The van der Waals surface area contributed by atoms with Gasteiger partial charge in [0.05, 0.1) is 21.1 Å². The van der Waals surface area contributed by atoms with Crippen LogP contribution >= 0.6 is 23.2 Å². The maximum Gasteiger partial charge on any atom is 0.253 e. The second-order valence-electron chi connectivity index (χ2n) is 4.25. The Balaban J connectivity index is 2.98. The lowest BCUT2D eigenvalue weighted by molar-refractivity contribution is 0.0895. The topological polar surface area (TPSA) is 55.1 Å². The number of hydrogen-bond donors (Lipinski definition) is 2. The van der Waals surface area contributed by atoms with Gasteiger partial charge in [0.1, 0.15) is 0 Å². The summed E-state index contributed by atoms with van der Waals surface area (Å²) < 4.78 is 0. The molecule has 0 fully saturated rings. The van der Waals surface area contributed by atoms with Crippen molar-refractivity contribution >= 4 is 29.1 Å². The molecule has 0 aromatic heterocycles. The van der Waals surface area contributed by atoms with Gasteiger partial charge in [0, 0.05) is 6.54 Å². The summed E-state index contributed by atoms with van der Waals surface area (Å²) in [6.45, 7) is 4.39. The van der Waals surface area contributed by atoms with Gasteiger partial charge in [-0.2, -0.15) is 0 Å². The third-order valence-electron chi connectivity index (χ3n) is 3.32. The van der Waals surface area contributed by atoms with Crippen LogP contribution < -0.4 is 11.1 Å². The number of carbonyl (C=O) groups excluding carboxylic acids is 1. The lowest BCUT2D eigenvalue weighted by Gasteiger charge is -2.31. The average molecular weight is 289 g/mol. The largest absolute Gasteiger partial charge is 0.345 e. The number of hydrogen-bond acceptors (Lipinski definition) is 2. The number of nitrogens with two attached hydrogens (primary N) is 1. The second-order valence-corrected chi connectivity index (χ2v) is 5.03. The van der Waals surface area contributed by atoms with Gasteiger partial charge in [-0.3, -0.25) is 4.79 Å². The average Bonchev–Trinajstić information content (AvgIpc) is 2.39. The Labute approximate surface area is 118 Å².